The molecule has 1 aliphatic carbocycles. The van der Waals surface area contributed by atoms with Gasteiger partial charge in [0.2, 0.25) is 10.0 Å². The summed E-state index contributed by atoms with van der Waals surface area (Å²) in [4.78, 5) is 24.2. The maximum Gasteiger partial charge on any atom is 0.338 e. The van der Waals surface area contributed by atoms with Gasteiger partial charge in [0.1, 0.15) is 0 Å². The second kappa shape index (κ2) is 8.12. The van der Waals surface area contributed by atoms with E-state index >= 15 is 0 Å². The number of anilines is 1. The molecule has 0 radical (unpaired) electrons. The van der Waals surface area contributed by atoms with Crippen LogP contribution in [-0.4, -0.2) is 44.3 Å². The maximum atomic E-state index is 12.5. The Balaban J connectivity index is 1.67. The van der Waals surface area contributed by atoms with Crippen molar-refractivity contribution in [2.45, 2.75) is 30.7 Å². The molecular weight excluding hydrogens is 380 g/mol. The molecule has 2 aromatic rings. The normalized spacial score (nSPS) is 14.0. The van der Waals surface area contributed by atoms with Crippen LogP contribution in [0.2, 0.25) is 0 Å². The minimum Gasteiger partial charge on any atom is -0.462 e. The van der Waals surface area contributed by atoms with Crippen LogP contribution in [-0.2, 0) is 14.8 Å². The summed E-state index contributed by atoms with van der Waals surface area (Å²) < 4.78 is 31.3. The lowest BCUT2D eigenvalue weighted by Crippen LogP contribution is -2.29. The Hall–Kier alpha value is -2.71. The van der Waals surface area contributed by atoms with E-state index in [1.165, 1.54) is 28.6 Å². The Morgan fingerprint density at radius 3 is 2.14 bits per heavy atom. The van der Waals surface area contributed by atoms with Gasteiger partial charge in [-0.05, 0) is 68.3 Å². The number of nitrogens with zero attached hydrogens (tertiary/aromatic N) is 1. The van der Waals surface area contributed by atoms with Crippen molar-refractivity contribution in [1.29, 1.82) is 0 Å². The van der Waals surface area contributed by atoms with E-state index in [2.05, 4.69) is 5.32 Å². The number of carbonyl (C=O) groups excluding carboxylic acids is 2. The molecule has 0 saturated heterocycles. The van der Waals surface area contributed by atoms with E-state index in [1.807, 2.05) is 0 Å². The van der Waals surface area contributed by atoms with Gasteiger partial charge < -0.3 is 10.1 Å². The molecule has 1 fully saturated rings. The summed E-state index contributed by atoms with van der Waals surface area (Å²) >= 11 is 0. The fourth-order valence-electron chi connectivity index (χ4n) is 2.69. The molecule has 0 bridgehead atoms. The van der Waals surface area contributed by atoms with Crippen LogP contribution in [0.25, 0.3) is 0 Å². The van der Waals surface area contributed by atoms with E-state index in [4.69, 9.17) is 4.74 Å². The first kappa shape index (κ1) is 20.0. The Labute approximate surface area is 164 Å². The first-order chi connectivity index (χ1) is 13.3. The van der Waals surface area contributed by atoms with Crippen LogP contribution in [0.4, 0.5) is 5.69 Å². The van der Waals surface area contributed by atoms with E-state index in [1.54, 1.807) is 38.2 Å². The van der Waals surface area contributed by atoms with Crippen molar-refractivity contribution in [3.05, 3.63) is 59.7 Å². The summed E-state index contributed by atoms with van der Waals surface area (Å²) in [5.41, 5.74) is 1.25. The van der Waals surface area contributed by atoms with Crippen LogP contribution in [0, 0.1) is 0 Å². The zero-order valence-electron chi connectivity index (χ0n) is 15.7. The lowest BCUT2D eigenvalue weighted by molar-refractivity contribution is 0.0526. The average Bonchev–Trinajstić information content (AvgIpc) is 3.53. The molecule has 1 amide bonds. The molecule has 7 nitrogen and oxygen atoms in total. The Morgan fingerprint density at radius 1 is 1.04 bits per heavy atom. The summed E-state index contributed by atoms with van der Waals surface area (Å²) in [6, 6.07) is 12.3. The van der Waals surface area contributed by atoms with Gasteiger partial charge >= 0.3 is 5.97 Å². The predicted molar refractivity (Wildman–Crippen MR) is 105 cm³/mol. The van der Waals surface area contributed by atoms with Crippen LogP contribution in [0.3, 0.4) is 0 Å². The zero-order chi connectivity index (χ0) is 20.3. The molecule has 8 heteroatoms. The first-order valence-electron chi connectivity index (χ1n) is 8.99. The van der Waals surface area contributed by atoms with Crippen LogP contribution in [0.15, 0.2) is 53.4 Å². The van der Waals surface area contributed by atoms with Crippen molar-refractivity contribution in [2.75, 3.05) is 19.0 Å². The summed E-state index contributed by atoms with van der Waals surface area (Å²) in [5.74, 6) is -0.795. The number of benzene rings is 2. The molecule has 1 N–H and O–H groups in total. The molecule has 0 atom stereocenters. The Kier molecular flexibility index (Phi) is 5.81. The van der Waals surface area contributed by atoms with Gasteiger partial charge in [0.05, 0.1) is 17.1 Å². The molecule has 3 rings (SSSR count). The molecule has 28 heavy (non-hydrogen) atoms. The van der Waals surface area contributed by atoms with Gasteiger partial charge in [-0.15, -0.1) is 0 Å². The van der Waals surface area contributed by atoms with Gasteiger partial charge in [-0.25, -0.2) is 13.2 Å². The molecule has 0 heterocycles. The number of carbonyl (C=O) groups is 2. The van der Waals surface area contributed by atoms with E-state index in [-0.39, 0.29) is 16.8 Å². The maximum absolute atomic E-state index is 12.5. The van der Waals surface area contributed by atoms with Gasteiger partial charge in [-0.1, -0.05) is 0 Å². The van der Waals surface area contributed by atoms with E-state index in [9.17, 15) is 18.0 Å². The molecular formula is C20H22N2O5S. The van der Waals surface area contributed by atoms with Crippen LogP contribution >= 0.6 is 0 Å². The van der Waals surface area contributed by atoms with Crippen molar-refractivity contribution in [3.63, 3.8) is 0 Å². The summed E-state index contributed by atoms with van der Waals surface area (Å²) in [5, 5.41) is 2.71. The third-order valence-electron chi connectivity index (χ3n) is 4.51. The zero-order valence-corrected chi connectivity index (χ0v) is 16.5. The van der Waals surface area contributed by atoms with E-state index in [0.29, 0.717) is 23.4 Å². The number of hydrogen-bond donors (Lipinski definition) is 1. The minimum absolute atomic E-state index is 0.0746. The number of sulfonamides is 1. The number of hydrogen-bond acceptors (Lipinski definition) is 5. The van der Waals surface area contributed by atoms with Crippen molar-refractivity contribution in [1.82, 2.24) is 4.31 Å². The van der Waals surface area contributed by atoms with Crippen molar-refractivity contribution < 1.29 is 22.7 Å². The predicted octanol–water partition coefficient (Wildman–Crippen LogP) is 2.90. The average molecular weight is 402 g/mol. The molecule has 0 unspecified atom stereocenters. The minimum atomic E-state index is -3.54. The van der Waals surface area contributed by atoms with Crippen LogP contribution < -0.4 is 5.32 Å². The molecule has 1 aliphatic rings. The number of rotatable bonds is 7. The monoisotopic (exact) mass is 402 g/mol. The summed E-state index contributed by atoms with van der Waals surface area (Å²) in [6.07, 6.45) is 1.76. The van der Waals surface area contributed by atoms with Crippen molar-refractivity contribution in [2.24, 2.45) is 0 Å². The molecule has 0 aliphatic heterocycles. The number of amides is 1. The largest absolute Gasteiger partial charge is 0.462 e. The fraction of sp³-hybridized carbons (Fsp3) is 0.300. The smallest absolute Gasteiger partial charge is 0.338 e. The molecule has 148 valence electrons. The van der Waals surface area contributed by atoms with Crippen molar-refractivity contribution >= 4 is 27.6 Å². The Bertz CT molecular complexity index is 965. The molecule has 1 saturated carbocycles. The standard InChI is InChI=1S/C20H22N2O5S/c1-3-27-20(24)15-4-8-16(9-5-15)21-19(23)14-6-12-18(13-7-14)28(25,26)22(2)17-10-11-17/h4-9,12-13,17H,3,10-11H2,1-2H3,(H,21,23). The number of esters is 1. The highest BCUT2D eigenvalue weighted by Gasteiger charge is 2.34. The lowest BCUT2D eigenvalue weighted by atomic mass is 10.2. The highest BCUT2D eigenvalue weighted by Crippen LogP contribution is 2.30. The van der Waals surface area contributed by atoms with Crippen LogP contribution in [0.1, 0.15) is 40.5 Å². The highest BCUT2D eigenvalue weighted by atomic mass is 32.2. The van der Waals surface area contributed by atoms with Gasteiger partial charge in [-0.2, -0.15) is 4.31 Å². The van der Waals surface area contributed by atoms with E-state index < -0.39 is 16.0 Å². The number of nitrogens with one attached hydrogen (secondary N) is 1. The lowest BCUT2D eigenvalue weighted by Gasteiger charge is -2.16. The first-order valence-corrected chi connectivity index (χ1v) is 10.4. The second-order valence-electron chi connectivity index (χ2n) is 6.53. The third-order valence-corrected chi connectivity index (χ3v) is 6.43. The van der Waals surface area contributed by atoms with Crippen molar-refractivity contribution in [3.8, 4) is 0 Å². The molecule has 2 aromatic carbocycles. The second-order valence-corrected chi connectivity index (χ2v) is 8.53. The van der Waals surface area contributed by atoms with Crippen LogP contribution in [0.5, 0.6) is 0 Å². The number of ether oxygens (including phenoxy) is 1. The quantitative estimate of drug-likeness (QED) is 0.719. The third kappa shape index (κ3) is 4.40. The summed E-state index contributed by atoms with van der Waals surface area (Å²) in [7, 11) is -1.96. The molecule has 0 aromatic heterocycles. The highest BCUT2D eigenvalue weighted by molar-refractivity contribution is 7.89. The van der Waals surface area contributed by atoms with Gasteiger partial charge in [0.15, 0.2) is 0 Å². The Morgan fingerprint density at radius 2 is 1.61 bits per heavy atom. The molecule has 0 spiro atoms. The SMILES string of the molecule is CCOC(=O)c1ccc(NC(=O)c2ccc(S(=O)(=O)N(C)C3CC3)cc2)cc1. The van der Waals surface area contributed by atoms with Gasteiger partial charge in [0, 0.05) is 24.3 Å². The fourth-order valence-corrected chi connectivity index (χ4v) is 4.10. The van der Waals surface area contributed by atoms with E-state index in [0.717, 1.165) is 12.8 Å². The summed E-state index contributed by atoms with van der Waals surface area (Å²) in [6.45, 7) is 2.02. The van der Waals surface area contributed by atoms with Gasteiger partial charge in [0.25, 0.3) is 5.91 Å². The topological polar surface area (TPSA) is 92.8 Å². The van der Waals surface area contributed by atoms with Gasteiger partial charge in [-0.3, -0.25) is 4.79 Å².